The van der Waals surface area contributed by atoms with Crippen LogP contribution in [0.3, 0.4) is 0 Å². The maximum atomic E-state index is 13.3. The standard InChI is InChI=1S/C26H33ClN2O2.CH4/c1-3-19(2)25(28-24(30)14-9-20-7-5-4-6-8-20)26(31)29-17-15-22(16-18-29)21-10-12-23(27)13-11-21;/h4-8,10-13,19,22,25H,3,9,14-18H2,1-2H3,(H,28,30);1H4/t19-,25+;/m0./s1. The zero-order valence-electron chi connectivity index (χ0n) is 18.5. The number of amides is 2. The van der Waals surface area contributed by atoms with E-state index in [0.717, 1.165) is 42.9 Å². The lowest BCUT2D eigenvalue weighted by atomic mass is 9.88. The summed E-state index contributed by atoms with van der Waals surface area (Å²) in [7, 11) is 0. The minimum Gasteiger partial charge on any atom is -0.344 e. The van der Waals surface area contributed by atoms with Crippen LogP contribution in [-0.4, -0.2) is 35.8 Å². The molecule has 2 atom stereocenters. The zero-order valence-corrected chi connectivity index (χ0v) is 19.3. The molecular weight excluding hydrogens is 420 g/mol. The molecule has 2 aromatic carbocycles. The van der Waals surface area contributed by atoms with Gasteiger partial charge in [-0.1, -0.05) is 81.8 Å². The summed E-state index contributed by atoms with van der Waals surface area (Å²) < 4.78 is 0. The van der Waals surface area contributed by atoms with Crippen molar-refractivity contribution in [3.63, 3.8) is 0 Å². The third-order valence-corrected chi connectivity index (χ3v) is 6.68. The average Bonchev–Trinajstić information content (AvgIpc) is 2.81. The molecule has 0 aliphatic carbocycles. The van der Waals surface area contributed by atoms with Gasteiger partial charge in [0.2, 0.25) is 11.8 Å². The van der Waals surface area contributed by atoms with Gasteiger partial charge in [-0.05, 0) is 54.4 Å². The van der Waals surface area contributed by atoms with Crippen LogP contribution in [0.5, 0.6) is 0 Å². The molecule has 174 valence electrons. The van der Waals surface area contributed by atoms with Gasteiger partial charge in [0, 0.05) is 24.5 Å². The number of carbonyl (C=O) groups excluding carboxylic acids is 2. The minimum atomic E-state index is -0.458. The van der Waals surface area contributed by atoms with Gasteiger partial charge in [-0.25, -0.2) is 0 Å². The molecule has 0 saturated carbocycles. The Morgan fingerprint density at radius 3 is 2.28 bits per heavy atom. The van der Waals surface area contributed by atoms with Crippen LogP contribution in [0.15, 0.2) is 54.6 Å². The molecule has 1 heterocycles. The minimum absolute atomic E-state index is 0. The number of nitrogens with one attached hydrogen (secondary N) is 1. The molecule has 5 heteroatoms. The first kappa shape index (κ1) is 25.9. The predicted octanol–water partition coefficient (Wildman–Crippen LogP) is 5.85. The molecular formula is C27H37ClN2O2. The lowest BCUT2D eigenvalue weighted by molar-refractivity contribution is -0.138. The van der Waals surface area contributed by atoms with Gasteiger partial charge in [0.05, 0.1) is 0 Å². The summed E-state index contributed by atoms with van der Waals surface area (Å²) in [5.41, 5.74) is 2.41. The summed E-state index contributed by atoms with van der Waals surface area (Å²) in [6.07, 6.45) is 3.78. The molecule has 1 fully saturated rings. The number of aryl methyl sites for hydroxylation is 1. The Hall–Kier alpha value is -2.33. The highest BCUT2D eigenvalue weighted by molar-refractivity contribution is 6.30. The van der Waals surface area contributed by atoms with Crippen LogP contribution in [0.1, 0.15) is 64.0 Å². The van der Waals surface area contributed by atoms with Gasteiger partial charge < -0.3 is 10.2 Å². The van der Waals surface area contributed by atoms with Crippen molar-refractivity contribution in [2.45, 2.75) is 65.3 Å². The number of hydrogen-bond donors (Lipinski definition) is 1. The van der Waals surface area contributed by atoms with Gasteiger partial charge in [-0.2, -0.15) is 0 Å². The lowest BCUT2D eigenvalue weighted by Crippen LogP contribution is -2.53. The van der Waals surface area contributed by atoms with E-state index in [2.05, 4.69) is 24.4 Å². The van der Waals surface area contributed by atoms with Gasteiger partial charge in [0.15, 0.2) is 0 Å². The number of nitrogens with zero attached hydrogens (tertiary/aromatic N) is 1. The molecule has 2 aromatic rings. The van der Waals surface area contributed by atoms with Crippen molar-refractivity contribution >= 4 is 23.4 Å². The highest BCUT2D eigenvalue weighted by atomic mass is 35.5. The van der Waals surface area contributed by atoms with Crippen LogP contribution in [0.2, 0.25) is 5.02 Å². The second-order valence-electron chi connectivity index (χ2n) is 8.57. The highest BCUT2D eigenvalue weighted by Crippen LogP contribution is 2.29. The topological polar surface area (TPSA) is 49.4 Å². The number of carbonyl (C=O) groups is 2. The first-order valence-corrected chi connectivity index (χ1v) is 11.7. The first-order chi connectivity index (χ1) is 15.0. The number of hydrogen-bond acceptors (Lipinski definition) is 2. The molecule has 3 rings (SSSR count). The van der Waals surface area contributed by atoms with E-state index in [1.54, 1.807) is 0 Å². The van der Waals surface area contributed by atoms with Crippen LogP contribution in [0.4, 0.5) is 0 Å². The van der Waals surface area contributed by atoms with E-state index in [4.69, 9.17) is 11.6 Å². The van der Waals surface area contributed by atoms with E-state index < -0.39 is 6.04 Å². The Balaban J connectivity index is 0.00000363. The second-order valence-corrected chi connectivity index (χ2v) is 9.00. The number of halogens is 1. The Morgan fingerprint density at radius 1 is 1.06 bits per heavy atom. The molecule has 0 radical (unpaired) electrons. The third-order valence-electron chi connectivity index (χ3n) is 6.43. The van der Waals surface area contributed by atoms with Gasteiger partial charge >= 0.3 is 0 Å². The average molecular weight is 457 g/mol. The van der Waals surface area contributed by atoms with E-state index >= 15 is 0 Å². The quantitative estimate of drug-likeness (QED) is 0.542. The fourth-order valence-corrected chi connectivity index (χ4v) is 4.32. The van der Waals surface area contributed by atoms with E-state index in [-0.39, 0.29) is 25.2 Å². The molecule has 1 N–H and O–H groups in total. The number of benzene rings is 2. The Labute approximate surface area is 198 Å². The fraction of sp³-hybridized carbons (Fsp3) is 0.481. The van der Waals surface area contributed by atoms with Crippen LogP contribution < -0.4 is 5.32 Å². The fourth-order valence-electron chi connectivity index (χ4n) is 4.20. The third kappa shape index (κ3) is 7.09. The number of piperidine rings is 1. The molecule has 0 spiro atoms. The van der Waals surface area contributed by atoms with E-state index in [1.807, 2.05) is 54.3 Å². The van der Waals surface area contributed by atoms with Gasteiger partial charge in [-0.3, -0.25) is 9.59 Å². The van der Waals surface area contributed by atoms with E-state index in [1.165, 1.54) is 5.56 Å². The van der Waals surface area contributed by atoms with Crippen LogP contribution in [0.25, 0.3) is 0 Å². The van der Waals surface area contributed by atoms with Crippen molar-refractivity contribution in [3.05, 3.63) is 70.7 Å². The second kappa shape index (κ2) is 12.6. The predicted molar refractivity (Wildman–Crippen MR) is 133 cm³/mol. The summed E-state index contributed by atoms with van der Waals surface area (Å²) in [6, 6.07) is 17.5. The summed E-state index contributed by atoms with van der Waals surface area (Å²) >= 11 is 6.00. The summed E-state index contributed by atoms with van der Waals surface area (Å²) in [4.78, 5) is 27.8. The number of likely N-dealkylation sites (tertiary alicyclic amines) is 1. The van der Waals surface area contributed by atoms with Gasteiger partial charge in [-0.15, -0.1) is 0 Å². The Morgan fingerprint density at radius 2 is 1.69 bits per heavy atom. The molecule has 1 saturated heterocycles. The maximum absolute atomic E-state index is 13.3. The van der Waals surface area contributed by atoms with Crippen LogP contribution >= 0.6 is 11.6 Å². The molecule has 0 aromatic heterocycles. The van der Waals surface area contributed by atoms with Crippen molar-refractivity contribution < 1.29 is 9.59 Å². The smallest absolute Gasteiger partial charge is 0.245 e. The molecule has 32 heavy (non-hydrogen) atoms. The van der Waals surface area contributed by atoms with Gasteiger partial charge in [0.1, 0.15) is 6.04 Å². The monoisotopic (exact) mass is 456 g/mol. The van der Waals surface area contributed by atoms with Crippen molar-refractivity contribution in [2.24, 2.45) is 5.92 Å². The van der Waals surface area contributed by atoms with Crippen molar-refractivity contribution in [3.8, 4) is 0 Å². The lowest BCUT2D eigenvalue weighted by Gasteiger charge is -2.36. The molecule has 2 amide bonds. The molecule has 0 unspecified atom stereocenters. The van der Waals surface area contributed by atoms with Crippen LogP contribution in [-0.2, 0) is 16.0 Å². The highest BCUT2D eigenvalue weighted by Gasteiger charge is 2.32. The van der Waals surface area contributed by atoms with Gasteiger partial charge in [0.25, 0.3) is 0 Å². The summed E-state index contributed by atoms with van der Waals surface area (Å²) in [5.74, 6) is 0.543. The van der Waals surface area contributed by atoms with Crippen molar-refractivity contribution in [1.29, 1.82) is 0 Å². The maximum Gasteiger partial charge on any atom is 0.245 e. The van der Waals surface area contributed by atoms with E-state index in [0.29, 0.717) is 18.8 Å². The molecule has 1 aliphatic rings. The molecule has 1 aliphatic heterocycles. The first-order valence-electron chi connectivity index (χ1n) is 11.4. The largest absolute Gasteiger partial charge is 0.344 e. The normalized spacial score (nSPS) is 16.0. The van der Waals surface area contributed by atoms with Crippen molar-refractivity contribution in [1.82, 2.24) is 10.2 Å². The number of rotatable bonds is 8. The Bertz CT molecular complexity index is 846. The van der Waals surface area contributed by atoms with E-state index in [9.17, 15) is 9.59 Å². The SMILES string of the molecule is C.CC[C@H](C)[C@@H](NC(=O)CCc1ccccc1)C(=O)N1CCC(c2ccc(Cl)cc2)CC1. The summed E-state index contributed by atoms with van der Waals surface area (Å²) in [6.45, 7) is 5.55. The summed E-state index contributed by atoms with van der Waals surface area (Å²) in [5, 5.41) is 3.79. The Kier molecular flexibility index (Phi) is 10.2. The van der Waals surface area contributed by atoms with Crippen LogP contribution in [0, 0.1) is 5.92 Å². The molecule has 0 bridgehead atoms. The zero-order chi connectivity index (χ0) is 22.2. The van der Waals surface area contributed by atoms with Crippen molar-refractivity contribution in [2.75, 3.05) is 13.1 Å². The molecule has 4 nitrogen and oxygen atoms in total.